The largest absolute Gasteiger partial charge is 0.394 e. The van der Waals surface area contributed by atoms with E-state index in [0.717, 1.165) is 27.7 Å². The number of aliphatic hydroxyl groups is 21. The first-order valence-corrected chi connectivity index (χ1v) is 32.0. The molecule has 1 unspecified atom stereocenters. The van der Waals surface area contributed by atoms with Gasteiger partial charge in [-0.05, 0) is 6.92 Å². The number of carbonyl (C=O) groups excluding carboxylic acids is 4. The standard InChI is InChI=1S/C56H94N4O40/c1-13-29(70)38(79)41(82)53(88-13)87-12-24-46(35(76)25(49(85)89-24)57-14(2)66)97-51-27(59-16(4)68)37(78)45(22(10-65)93-51)98-55-43(84)47(33(74)23(95-55)11-86-54-42(83)39(80)31(72)19(7-62)91-54)99-56-48(40(81)32(73)20(8-63)92-56)100-52-28(60-17(5)69)36(77)44(21(9-64)94-52)96-50-26(58-15(3)67)34(75)30(71)18(6-61)90-50/h13,18-56,61-65,70-85H,6-12H2,1-5H3,(H,57,66)(H,58,67)(H,59,68)(H,60,69)/t13-,18+,19+,20+,21+,22+,23+,24+,25+,26+,27+,28+,29+,30-,31+,32+,33+,34+,35+,36+,37+,38+,39-,40-,41-,42-,43-,44+,45+,46+,47-,48-,49?,50-,51-,52-,53+,54-,55-,56+/m0/s1. The topological polar surface area (TPSA) is 680 Å². The maximum atomic E-state index is 13.0. The lowest BCUT2D eigenvalue weighted by atomic mass is 9.93. The number of rotatable bonds is 25. The van der Waals surface area contributed by atoms with Crippen molar-refractivity contribution in [3.63, 3.8) is 0 Å². The molecule has 8 aliphatic rings. The van der Waals surface area contributed by atoms with Gasteiger partial charge in [0.2, 0.25) is 23.6 Å². The average Bonchev–Trinajstić information content (AvgIpc) is 0.765. The van der Waals surface area contributed by atoms with Gasteiger partial charge in [-0.15, -0.1) is 0 Å². The average molecular weight is 1460 g/mol. The van der Waals surface area contributed by atoms with E-state index in [-0.39, 0.29) is 0 Å². The van der Waals surface area contributed by atoms with Crippen molar-refractivity contribution in [2.75, 3.05) is 46.2 Å². The first-order chi connectivity index (χ1) is 47.2. The van der Waals surface area contributed by atoms with Crippen molar-refractivity contribution in [2.45, 2.75) is 280 Å². The van der Waals surface area contributed by atoms with Gasteiger partial charge in [0.25, 0.3) is 0 Å². The van der Waals surface area contributed by atoms with Crippen molar-refractivity contribution < 1.29 is 197 Å². The lowest BCUT2D eigenvalue weighted by Gasteiger charge is -2.51. The monoisotopic (exact) mass is 1460 g/mol. The Labute approximate surface area is 567 Å². The van der Waals surface area contributed by atoms with Crippen molar-refractivity contribution in [1.82, 2.24) is 21.3 Å². The van der Waals surface area contributed by atoms with E-state index in [1.165, 1.54) is 6.92 Å². The van der Waals surface area contributed by atoms with Crippen molar-refractivity contribution in [3.8, 4) is 0 Å². The summed E-state index contributed by atoms with van der Waals surface area (Å²) in [6.45, 7) is -1.77. The smallest absolute Gasteiger partial charge is 0.217 e. The first kappa shape index (κ1) is 82.1. The number of amides is 4. The molecule has 8 rings (SSSR count). The summed E-state index contributed by atoms with van der Waals surface area (Å²) in [5.74, 6) is -3.43. The summed E-state index contributed by atoms with van der Waals surface area (Å²) in [6, 6.07) is -7.14. The predicted octanol–water partition coefficient (Wildman–Crippen LogP) is -16.8. The second-order valence-electron chi connectivity index (χ2n) is 25.4. The molecule has 0 aliphatic carbocycles. The Morgan fingerprint density at radius 2 is 0.610 bits per heavy atom. The van der Waals surface area contributed by atoms with E-state index in [0.29, 0.717) is 0 Å². The minimum absolute atomic E-state index is 0.782. The zero-order valence-corrected chi connectivity index (χ0v) is 54.2. The van der Waals surface area contributed by atoms with Crippen molar-refractivity contribution >= 4 is 23.6 Å². The molecule has 40 atom stereocenters. The maximum Gasteiger partial charge on any atom is 0.217 e. The van der Waals surface area contributed by atoms with E-state index in [1.54, 1.807) is 0 Å². The van der Waals surface area contributed by atoms with Crippen LogP contribution in [0, 0.1) is 0 Å². The van der Waals surface area contributed by atoms with Crippen LogP contribution in [0.5, 0.6) is 0 Å². The molecule has 578 valence electrons. The molecule has 8 saturated heterocycles. The minimum atomic E-state index is -2.48. The summed E-state index contributed by atoms with van der Waals surface area (Å²) in [4.78, 5) is 50.5. The molecule has 0 spiro atoms. The van der Waals surface area contributed by atoms with Gasteiger partial charge in [-0.1, -0.05) is 0 Å². The summed E-state index contributed by atoms with van der Waals surface area (Å²) in [7, 11) is 0. The van der Waals surface area contributed by atoms with Gasteiger partial charge in [0.05, 0.1) is 52.4 Å². The zero-order valence-electron chi connectivity index (χ0n) is 54.2. The Kier molecular flexibility index (Phi) is 29.3. The van der Waals surface area contributed by atoms with Crippen LogP contribution in [0.3, 0.4) is 0 Å². The van der Waals surface area contributed by atoms with E-state index in [9.17, 15) is 126 Å². The number of ether oxygens (including phenoxy) is 15. The number of nitrogens with one attached hydrogen (secondary N) is 4. The Balaban J connectivity index is 1.10. The molecule has 8 aliphatic heterocycles. The van der Waals surface area contributed by atoms with Crippen LogP contribution in [0.1, 0.15) is 34.6 Å². The Morgan fingerprint density at radius 3 is 1.08 bits per heavy atom. The number of hydrogen-bond acceptors (Lipinski definition) is 40. The van der Waals surface area contributed by atoms with Crippen LogP contribution < -0.4 is 21.3 Å². The fourth-order valence-electron chi connectivity index (χ4n) is 12.8. The molecule has 0 aromatic carbocycles. The SMILES string of the molecule is CC(=O)N[C@H]1[C@H](O[C@H]2[C@H](O)[C@@H](NC(C)=O)C(O)O[C@@H]2CO[C@@H]2O[C@@H](C)[C@@H](O)[C@@H](O)[C@@H]2O)O[C@H](CO)[C@@H](O[C@@H]2O[C@H](CO[C@H]3O[C@H](CO)[C@@H](O)[C@H](O)[C@@H]3O)[C@@H](O)[C@H](O[C@H]3O[C@H](CO)[C@@H](O)[C@H](O)[C@@H]3O[C@@H]3O[C@H](CO)[C@@H](O[C@@H]4O[C@H](CO)[C@H](O)[C@H](O)[C@H]4NC(C)=O)[C@H](O)[C@H]3NC(C)=O)[C@@H]2O)[C@@H]1O. The summed E-state index contributed by atoms with van der Waals surface area (Å²) in [5, 5.41) is 241. The van der Waals surface area contributed by atoms with Crippen LogP contribution >= 0.6 is 0 Å². The fraction of sp³-hybridized carbons (Fsp3) is 0.929. The van der Waals surface area contributed by atoms with Crippen LogP contribution in [0.15, 0.2) is 0 Å². The van der Waals surface area contributed by atoms with Gasteiger partial charge in [0.1, 0.15) is 189 Å². The summed E-state index contributed by atoms with van der Waals surface area (Å²) >= 11 is 0. The second kappa shape index (κ2) is 35.7. The molecule has 0 saturated carbocycles. The van der Waals surface area contributed by atoms with E-state index in [4.69, 9.17) is 71.1 Å². The van der Waals surface area contributed by atoms with Gasteiger partial charge in [-0.3, -0.25) is 19.2 Å². The van der Waals surface area contributed by atoms with E-state index in [1.807, 2.05) is 0 Å². The molecular formula is C56H94N4O40. The van der Waals surface area contributed by atoms with Gasteiger partial charge in [0.15, 0.2) is 50.3 Å². The summed E-state index contributed by atoms with van der Waals surface area (Å²) < 4.78 is 88.4. The predicted molar refractivity (Wildman–Crippen MR) is 309 cm³/mol. The van der Waals surface area contributed by atoms with E-state index in [2.05, 4.69) is 21.3 Å². The highest BCUT2D eigenvalue weighted by Crippen LogP contribution is 2.39. The number of hydrogen-bond donors (Lipinski definition) is 25. The zero-order chi connectivity index (χ0) is 73.8. The third-order valence-corrected chi connectivity index (χ3v) is 18.2. The van der Waals surface area contributed by atoms with Crippen molar-refractivity contribution in [3.05, 3.63) is 0 Å². The highest BCUT2D eigenvalue weighted by atomic mass is 16.8. The molecule has 0 aromatic heterocycles. The van der Waals surface area contributed by atoms with Crippen LogP contribution in [0.2, 0.25) is 0 Å². The third kappa shape index (κ3) is 18.3. The molecule has 44 nitrogen and oxygen atoms in total. The van der Waals surface area contributed by atoms with Gasteiger partial charge < -0.3 is 200 Å². The lowest BCUT2D eigenvalue weighted by molar-refractivity contribution is -0.396. The highest BCUT2D eigenvalue weighted by molar-refractivity contribution is 5.74. The van der Waals surface area contributed by atoms with Gasteiger partial charge in [-0.2, -0.15) is 0 Å². The number of aliphatic hydroxyl groups excluding tert-OH is 21. The minimum Gasteiger partial charge on any atom is -0.394 e. The van der Waals surface area contributed by atoms with Gasteiger partial charge >= 0.3 is 0 Å². The molecule has 0 radical (unpaired) electrons. The molecule has 0 bridgehead atoms. The third-order valence-electron chi connectivity index (χ3n) is 18.2. The second-order valence-corrected chi connectivity index (χ2v) is 25.4. The Hall–Kier alpha value is -3.56. The fourth-order valence-corrected chi connectivity index (χ4v) is 12.8. The molecule has 100 heavy (non-hydrogen) atoms. The molecule has 8 fully saturated rings. The first-order valence-electron chi connectivity index (χ1n) is 32.0. The van der Waals surface area contributed by atoms with Crippen LogP contribution in [0.25, 0.3) is 0 Å². The van der Waals surface area contributed by atoms with Gasteiger partial charge in [0, 0.05) is 27.7 Å². The quantitative estimate of drug-likeness (QED) is 0.0404. The van der Waals surface area contributed by atoms with Crippen LogP contribution in [-0.4, -0.2) is 423 Å². The summed E-state index contributed by atoms with van der Waals surface area (Å²) in [5.41, 5.74) is 0. The molecular weight excluding hydrogens is 1370 g/mol. The molecule has 44 heteroatoms. The van der Waals surface area contributed by atoms with E-state index < -0.39 is 315 Å². The van der Waals surface area contributed by atoms with Crippen LogP contribution in [0.4, 0.5) is 0 Å². The van der Waals surface area contributed by atoms with Gasteiger partial charge in [-0.25, -0.2) is 0 Å². The lowest BCUT2D eigenvalue weighted by Crippen LogP contribution is -2.71. The number of carbonyl (C=O) groups is 4. The summed E-state index contributed by atoms with van der Waals surface area (Å²) in [6.07, 6.45) is -70.9. The molecule has 0 aromatic rings. The maximum absolute atomic E-state index is 13.0. The Morgan fingerprint density at radius 1 is 0.280 bits per heavy atom. The highest BCUT2D eigenvalue weighted by Gasteiger charge is 2.60. The van der Waals surface area contributed by atoms with Crippen molar-refractivity contribution in [2.24, 2.45) is 0 Å². The Bertz CT molecular complexity index is 2620. The molecule has 4 amide bonds. The van der Waals surface area contributed by atoms with Crippen molar-refractivity contribution in [1.29, 1.82) is 0 Å². The van der Waals surface area contributed by atoms with E-state index >= 15 is 0 Å². The van der Waals surface area contributed by atoms with Crippen LogP contribution in [-0.2, 0) is 90.2 Å². The molecule has 25 N–H and O–H groups in total. The normalized spacial score (nSPS) is 48.7. The molecule has 8 heterocycles.